The molecule has 0 aliphatic rings. The molecule has 2 N–H and O–H groups in total. The van der Waals surface area contributed by atoms with Gasteiger partial charge in [0.25, 0.3) is 0 Å². The highest BCUT2D eigenvalue weighted by atomic mass is 14.5. The molecule has 0 spiro atoms. The minimum Gasteiger partial charge on any atom is -0.399 e. The summed E-state index contributed by atoms with van der Waals surface area (Å²) in [6.07, 6.45) is 0. The molecule has 0 amide bonds. The second-order valence-electron chi connectivity index (χ2n) is 2.56. The van der Waals surface area contributed by atoms with Crippen LogP contribution in [0, 0.1) is 0 Å². The monoisotopic (exact) mass is 144 g/mol. The first-order valence-electron chi connectivity index (χ1n) is 4.07. The molecule has 11 heavy (non-hydrogen) atoms. The predicted octanol–water partition coefficient (Wildman–Crippen LogP) is 2.42. The second-order valence-corrected chi connectivity index (χ2v) is 2.56. The molecule has 0 saturated heterocycles. The van der Waals surface area contributed by atoms with Gasteiger partial charge in [0.15, 0.2) is 1.41 Å². The maximum absolute atomic E-state index is 6.97. The molecule has 0 aromatic heterocycles. The molecule has 2 rings (SSSR count). The highest BCUT2D eigenvalue weighted by molar-refractivity contribution is 5.85. The van der Waals surface area contributed by atoms with E-state index in [9.17, 15) is 0 Å². The lowest BCUT2D eigenvalue weighted by atomic mass is 10.1. The first-order valence-corrected chi connectivity index (χ1v) is 3.57. The molecular weight excluding hydrogens is 134 g/mol. The Morgan fingerprint density at radius 3 is 2.64 bits per heavy atom. The molecule has 0 heterocycles. The van der Waals surface area contributed by atoms with Crippen molar-refractivity contribution in [2.24, 2.45) is 0 Å². The molecule has 0 fully saturated rings. The summed E-state index contributed by atoms with van der Waals surface area (Å²) >= 11 is 0. The topological polar surface area (TPSA) is 26.0 Å². The third-order valence-electron chi connectivity index (χ3n) is 1.75. The van der Waals surface area contributed by atoms with Crippen molar-refractivity contribution < 1.29 is 1.41 Å². The number of hydrogen-bond donors (Lipinski definition) is 1. The Morgan fingerprint density at radius 2 is 1.82 bits per heavy atom. The average molecular weight is 144 g/mol. The fourth-order valence-electron chi connectivity index (χ4n) is 1.19. The highest BCUT2D eigenvalue weighted by Crippen LogP contribution is 2.15. The Balaban J connectivity index is 2.67. The maximum atomic E-state index is 6.97. The number of benzene rings is 2. The van der Waals surface area contributed by atoms with Crippen molar-refractivity contribution in [3.63, 3.8) is 0 Å². The van der Waals surface area contributed by atoms with Crippen molar-refractivity contribution in [1.29, 1.82) is 0 Å². The van der Waals surface area contributed by atoms with Gasteiger partial charge in [-0.15, -0.1) is 0 Å². The van der Waals surface area contributed by atoms with Crippen LogP contribution in [0.2, 0.25) is 1.41 Å². The number of anilines is 1. The van der Waals surface area contributed by atoms with Gasteiger partial charge < -0.3 is 5.73 Å². The largest absolute Gasteiger partial charge is 0.399 e. The van der Waals surface area contributed by atoms with Crippen molar-refractivity contribution in [2.45, 2.75) is 0 Å². The van der Waals surface area contributed by atoms with E-state index in [1.54, 1.807) is 0 Å². The van der Waals surface area contributed by atoms with Crippen LogP contribution in [-0.2, 0) is 0 Å². The number of rotatable bonds is 1. The van der Waals surface area contributed by atoms with Gasteiger partial charge in [0.2, 0.25) is 0 Å². The molecule has 1 nitrogen and oxygen atoms in total. The van der Waals surface area contributed by atoms with Gasteiger partial charge in [0, 0.05) is 5.69 Å². The number of fused-ring (bicyclic) bond motifs is 1. The van der Waals surface area contributed by atoms with E-state index in [-0.39, 0.29) is 0 Å². The van der Waals surface area contributed by atoms with Gasteiger partial charge in [-0.05, 0) is 22.9 Å². The summed E-state index contributed by atoms with van der Waals surface area (Å²) in [5, 5.41) is 2.37. The van der Waals surface area contributed by atoms with Gasteiger partial charge >= 0.3 is 0 Å². The van der Waals surface area contributed by atoms with Crippen molar-refractivity contribution in [2.75, 3.05) is 5.73 Å². The minimum atomic E-state index is 0.828. The van der Waals surface area contributed by atoms with Crippen LogP contribution in [0.5, 0.6) is 0 Å². The molecule has 1 heteroatoms. The van der Waals surface area contributed by atoms with Crippen LogP contribution in [0.4, 0.5) is 5.69 Å². The summed E-state index contributed by atoms with van der Waals surface area (Å²) < 4.78 is 6.97. The fourth-order valence-corrected chi connectivity index (χ4v) is 1.19. The van der Waals surface area contributed by atoms with Gasteiger partial charge in [-0.3, -0.25) is 0 Å². The molecule has 0 aliphatic carbocycles. The third-order valence-corrected chi connectivity index (χ3v) is 1.75. The van der Waals surface area contributed by atoms with Crippen LogP contribution < -0.4 is 5.73 Å². The van der Waals surface area contributed by atoms with Crippen LogP contribution >= 0.6 is 0 Å². The van der Waals surface area contributed by atoms with E-state index in [4.69, 9.17) is 1.41 Å². The number of nitrogen functional groups attached to an aromatic ring is 1. The van der Waals surface area contributed by atoms with Gasteiger partial charge in [0.1, 0.15) is 0 Å². The number of hydrogen-bond acceptors (Lipinski definition) is 1. The molecule has 2 aromatic carbocycles. The molecule has 54 valence electrons. The van der Waals surface area contributed by atoms with Crippen LogP contribution in [-0.4, -0.2) is 0 Å². The van der Waals surface area contributed by atoms with Crippen molar-refractivity contribution in [3.05, 3.63) is 42.5 Å². The third kappa shape index (κ3) is 1.05. The first-order chi connectivity index (χ1) is 5.90. The van der Waals surface area contributed by atoms with Crippen molar-refractivity contribution in [3.8, 4) is 0 Å². The SMILES string of the molecule is [2H]Nc1ccc2ccccc2c1. The van der Waals surface area contributed by atoms with Gasteiger partial charge in [-0.1, -0.05) is 30.3 Å². The zero-order valence-corrected chi connectivity index (χ0v) is 6.04. The summed E-state index contributed by atoms with van der Waals surface area (Å²) in [6.45, 7) is 0. The molecule has 0 unspecified atom stereocenters. The molecule has 0 bridgehead atoms. The van der Waals surface area contributed by atoms with Crippen LogP contribution in [0.1, 0.15) is 0 Å². The molecule has 0 saturated carbocycles. The lowest BCUT2D eigenvalue weighted by Crippen LogP contribution is -1.82. The van der Waals surface area contributed by atoms with E-state index in [1.807, 2.05) is 36.4 Å². The second kappa shape index (κ2) is 2.27. The Hall–Kier alpha value is -1.50. The highest BCUT2D eigenvalue weighted by Gasteiger charge is 1.89. The summed E-state index contributed by atoms with van der Waals surface area (Å²) in [4.78, 5) is 0. The smallest absolute Gasteiger partial charge is 0.156 e. The van der Waals surface area contributed by atoms with E-state index in [1.165, 1.54) is 5.39 Å². The average Bonchev–Trinajstić information content (AvgIpc) is 2.17. The first kappa shape index (κ1) is 5.19. The Kier molecular flexibility index (Phi) is 1.07. The van der Waals surface area contributed by atoms with E-state index in [0.717, 1.165) is 11.1 Å². The zero-order valence-electron chi connectivity index (χ0n) is 7.04. The molecular formula is C10H9N. The lowest BCUT2D eigenvalue weighted by Gasteiger charge is -1.96. The fraction of sp³-hybridized carbons (Fsp3) is 0. The van der Waals surface area contributed by atoms with Gasteiger partial charge in [-0.25, -0.2) is 0 Å². The van der Waals surface area contributed by atoms with Crippen molar-refractivity contribution in [1.82, 2.24) is 0 Å². The summed E-state index contributed by atoms with van der Waals surface area (Å²) in [7, 11) is 0. The van der Waals surface area contributed by atoms with Crippen LogP contribution in [0.15, 0.2) is 42.5 Å². The standard InChI is InChI=1S/C10H9N/c11-10-6-5-8-3-1-2-4-9(8)7-10/h1-7H,11H2/i/hD. The molecule has 2 aromatic rings. The van der Waals surface area contributed by atoms with E-state index in [2.05, 4.69) is 11.8 Å². The minimum absolute atomic E-state index is 0.828. The summed E-state index contributed by atoms with van der Waals surface area (Å²) in [6, 6.07) is 14.0. The van der Waals surface area contributed by atoms with E-state index in [0.29, 0.717) is 0 Å². The van der Waals surface area contributed by atoms with Crippen molar-refractivity contribution >= 4 is 16.5 Å². The normalized spacial score (nSPS) is 11.1. The Labute approximate surface area is 66.9 Å². The Morgan fingerprint density at radius 1 is 1.00 bits per heavy atom. The van der Waals surface area contributed by atoms with Gasteiger partial charge in [-0.2, -0.15) is 0 Å². The molecule has 0 radical (unpaired) electrons. The predicted molar refractivity (Wildman–Crippen MR) is 48.4 cm³/mol. The van der Waals surface area contributed by atoms with Crippen LogP contribution in [0.25, 0.3) is 10.8 Å². The summed E-state index contributed by atoms with van der Waals surface area (Å²) in [5.41, 5.74) is 3.20. The molecule has 0 aliphatic heterocycles. The number of nitrogens with two attached hydrogens (primary N) is 1. The quantitative estimate of drug-likeness (QED) is 0.611. The lowest BCUT2D eigenvalue weighted by molar-refractivity contribution is 1.73. The van der Waals surface area contributed by atoms with E-state index >= 15 is 0 Å². The maximum Gasteiger partial charge on any atom is 0.156 e. The molecule has 0 atom stereocenters. The Bertz CT molecular complexity index is 398. The summed E-state index contributed by atoms with van der Waals surface area (Å²) in [5.74, 6) is 0. The van der Waals surface area contributed by atoms with E-state index < -0.39 is 0 Å². The van der Waals surface area contributed by atoms with Crippen LogP contribution in [0.3, 0.4) is 0 Å². The zero-order chi connectivity index (χ0) is 8.39. The van der Waals surface area contributed by atoms with Gasteiger partial charge in [0.05, 0.1) is 0 Å².